The van der Waals surface area contributed by atoms with E-state index in [-0.39, 0.29) is 11.9 Å². The van der Waals surface area contributed by atoms with Crippen LogP contribution in [0.25, 0.3) is 10.8 Å². The first-order valence-electron chi connectivity index (χ1n) is 6.65. The maximum absolute atomic E-state index is 14.0. The van der Waals surface area contributed by atoms with Crippen LogP contribution in [0.15, 0.2) is 47.1 Å². The molecule has 3 aromatic rings. The molecule has 0 radical (unpaired) electrons. The van der Waals surface area contributed by atoms with Crippen molar-refractivity contribution in [1.82, 2.24) is 15.1 Å². The second-order valence-corrected chi connectivity index (χ2v) is 5.76. The highest BCUT2D eigenvalue weighted by Gasteiger charge is 2.21. The molecule has 0 aliphatic rings. The van der Waals surface area contributed by atoms with Crippen molar-refractivity contribution in [2.75, 3.05) is 7.05 Å². The Kier molecular flexibility index (Phi) is 3.78. The zero-order valence-electron chi connectivity index (χ0n) is 11.8. The third-order valence-corrected chi connectivity index (χ3v) is 4.33. The lowest BCUT2D eigenvalue weighted by molar-refractivity contribution is 0.604. The van der Waals surface area contributed by atoms with Gasteiger partial charge in [0.15, 0.2) is 0 Å². The van der Waals surface area contributed by atoms with Crippen LogP contribution in [0.1, 0.15) is 17.3 Å². The van der Waals surface area contributed by atoms with E-state index in [2.05, 4.69) is 26.3 Å². The Morgan fingerprint density at radius 1 is 1.19 bits per heavy atom. The van der Waals surface area contributed by atoms with Gasteiger partial charge in [0.2, 0.25) is 0 Å². The Balaban J connectivity index is 2.25. The van der Waals surface area contributed by atoms with Gasteiger partial charge in [0.25, 0.3) is 0 Å². The van der Waals surface area contributed by atoms with E-state index in [4.69, 9.17) is 0 Å². The fourth-order valence-corrected chi connectivity index (χ4v) is 3.30. The lowest BCUT2D eigenvalue weighted by Crippen LogP contribution is -2.21. The van der Waals surface area contributed by atoms with E-state index in [0.29, 0.717) is 5.39 Å². The minimum atomic E-state index is -0.201. The smallest absolute Gasteiger partial charge is 0.131 e. The van der Waals surface area contributed by atoms with Gasteiger partial charge in [0.05, 0.1) is 22.4 Å². The molecule has 108 valence electrons. The summed E-state index contributed by atoms with van der Waals surface area (Å²) in [5.41, 5.74) is 2.04. The van der Waals surface area contributed by atoms with Crippen molar-refractivity contribution in [3.8, 4) is 0 Å². The highest BCUT2D eigenvalue weighted by atomic mass is 79.9. The zero-order chi connectivity index (χ0) is 15.0. The van der Waals surface area contributed by atoms with E-state index >= 15 is 0 Å². The summed E-state index contributed by atoms with van der Waals surface area (Å²) < 4.78 is 16.7. The van der Waals surface area contributed by atoms with Crippen molar-refractivity contribution >= 4 is 26.7 Å². The van der Waals surface area contributed by atoms with Crippen LogP contribution in [0.4, 0.5) is 4.39 Å². The molecule has 1 heterocycles. The Bertz CT molecular complexity index is 778. The van der Waals surface area contributed by atoms with E-state index in [9.17, 15) is 4.39 Å². The average Bonchev–Trinajstić information content (AvgIpc) is 2.83. The number of aromatic nitrogens is 2. The molecule has 0 saturated heterocycles. The van der Waals surface area contributed by atoms with Gasteiger partial charge in [-0.15, -0.1) is 0 Å². The second-order valence-electron chi connectivity index (χ2n) is 4.91. The van der Waals surface area contributed by atoms with Crippen LogP contribution >= 0.6 is 15.9 Å². The van der Waals surface area contributed by atoms with Crippen LogP contribution in [0, 0.1) is 5.82 Å². The topological polar surface area (TPSA) is 29.9 Å². The number of benzene rings is 2. The molecule has 0 saturated carbocycles. The lowest BCUT2D eigenvalue weighted by Gasteiger charge is -2.20. The van der Waals surface area contributed by atoms with Gasteiger partial charge in [-0.1, -0.05) is 30.3 Å². The van der Waals surface area contributed by atoms with E-state index in [0.717, 1.165) is 21.1 Å². The Morgan fingerprint density at radius 3 is 2.52 bits per heavy atom. The largest absolute Gasteiger partial charge is 0.308 e. The van der Waals surface area contributed by atoms with Gasteiger partial charge in [0.1, 0.15) is 5.82 Å². The van der Waals surface area contributed by atoms with Gasteiger partial charge >= 0.3 is 0 Å². The molecule has 21 heavy (non-hydrogen) atoms. The first kappa shape index (κ1) is 14.2. The summed E-state index contributed by atoms with van der Waals surface area (Å²) in [5.74, 6) is -0.201. The number of nitrogens with zero attached hydrogens (tertiary/aromatic N) is 2. The van der Waals surface area contributed by atoms with Gasteiger partial charge < -0.3 is 5.32 Å². The minimum Gasteiger partial charge on any atom is -0.308 e. The third-order valence-electron chi connectivity index (χ3n) is 3.72. The predicted octanol–water partition coefficient (Wildman–Crippen LogP) is 3.78. The van der Waals surface area contributed by atoms with Crippen LogP contribution in [0.5, 0.6) is 0 Å². The van der Waals surface area contributed by atoms with E-state index in [1.807, 2.05) is 43.0 Å². The molecule has 0 aliphatic heterocycles. The van der Waals surface area contributed by atoms with Crippen molar-refractivity contribution in [2.45, 2.75) is 6.04 Å². The molecular weight excluding hydrogens is 333 g/mol. The van der Waals surface area contributed by atoms with E-state index in [1.54, 1.807) is 12.3 Å². The van der Waals surface area contributed by atoms with Crippen LogP contribution in [0.3, 0.4) is 0 Å². The van der Waals surface area contributed by atoms with Gasteiger partial charge in [0, 0.05) is 12.4 Å². The van der Waals surface area contributed by atoms with Crippen molar-refractivity contribution in [2.24, 2.45) is 7.05 Å². The van der Waals surface area contributed by atoms with Crippen LogP contribution in [-0.2, 0) is 7.05 Å². The second kappa shape index (κ2) is 5.58. The molecule has 0 spiro atoms. The molecule has 3 nitrogen and oxygen atoms in total. The molecule has 5 heteroatoms. The molecule has 3 rings (SSSR count). The first-order valence-corrected chi connectivity index (χ1v) is 7.44. The first-order chi connectivity index (χ1) is 10.1. The van der Waals surface area contributed by atoms with Crippen LogP contribution < -0.4 is 5.32 Å². The van der Waals surface area contributed by atoms with Gasteiger partial charge in [-0.05, 0) is 40.0 Å². The van der Waals surface area contributed by atoms with Crippen molar-refractivity contribution in [3.05, 3.63) is 64.1 Å². The fourth-order valence-electron chi connectivity index (χ4n) is 2.72. The molecule has 0 amide bonds. The number of rotatable bonds is 3. The lowest BCUT2D eigenvalue weighted by atomic mass is 9.96. The summed E-state index contributed by atoms with van der Waals surface area (Å²) in [4.78, 5) is 0. The highest BCUT2D eigenvalue weighted by molar-refractivity contribution is 9.10. The van der Waals surface area contributed by atoms with Gasteiger partial charge in [-0.3, -0.25) is 4.68 Å². The zero-order valence-corrected chi connectivity index (χ0v) is 13.4. The molecule has 1 unspecified atom stereocenters. The van der Waals surface area contributed by atoms with Crippen molar-refractivity contribution in [1.29, 1.82) is 0 Å². The number of halogens is 2. The summed E-state index contributed by atoms with van der Waals surface area (Å²) >= 11 is 3.54. The Hall–Kier alpha value is -1.72. The summed E-state index contributed by atoms with van der Waals surface area (Å²) in [6.45, 7) is 0. The predicted molar refractivity (Wildman–Crippen MR) is 85.7 cm³/mol. The number of fused-ring (bicyclic) bond motifs is 1. The number of hydrogen-bond donors (Lipinski definition) is 1. The summed E-state index contributed by atoms with van der Waals surface area (Å²) in [6, 6.07) is 10.8. The van der Waals surface area contributed by atoms with Gasteiger partial charge in [-0.25, -0.2) is 4.39 Å². The summed E-state index contributed by atoms with van der Waals surface area (Å²) in [5, 5.41) is 9.10. The van der Waals surface area contributed by atoms with Crippen LogP contribution in [0.2, 0.25) is 0 Å². The third kappa shape index (κ3) is 2.36. The normalized spacial score (nSPS) is 12.8. The molecule has 0 aliphatic carbocycles. The van der Waals surface area contributed by atoms with Crippen LogP contribution in [-0.4, -0.2) is 16.8 Å². The minimum absolute atomic E-state index is 0.0719. The highest BCUT2D eigenvalue weighted by Crippen LogP contribution is 2.33. The molecule has 1 aromatic heterocycles. The average molecular weight is 348 g/mol. The van der Waals surface area contributed by atoms with Gasteiger partial charge in [-0.2, -0.15) is 5.10 Å². The maximum Gasteiger partial charge on any atom is 0.131 e. The Labute approximate surface area is 130 Å². The molecular formula is C16H15BrFN3. The molecule has 1 N–H and O–H groups in total. The Morgan fingerprint density at radius 2 is 1.90 bits per heavy atom. The summed E-state index contributed by atoms with van der Waals surface area (Å²) in [7, 11) is 3.79. The molecule has 0 bridgehead atoms. The number of aryl methyl sites for hydroxylation is 1. The molecule has 1 atom stereocenters. The van der Waals surface area contributed by atoms with Crippen molar-refractivity contribution in [3.63, 3.8) is 0 Å². The standard InChI is InChI=1S/C16H15BrFN3/c1-19-15(16-13(17)9-20-21(16)2)12-7-8-14(18)11-6-4-3-5-10(11)12/h3-9,15,19H,1-2H3. The maximum atomic E-state index is 14.0. The van der Waals surface area contributed by atoms with Crippen molar-refractivity contribution < 1.29 is 4.39 Å². The summed E-state index contributed by atoms with van der Waals surface area (Å²) in [6.07, 6.45) is 1.77. The SMILES string of the molecule is CNC(c1ccc(F)c2ccccc12)c1c(Br)cnn1C. The fraction of sp³-hybridized carbons (Fsp3) is 0.188. The quantitative estimate of drug-likeness (QED) is 0.781. The van der Waals surface area contributed by atoms with E-state index in [1.165, 1.54) is 6.07 Å². The molecule has 2 aromatic carbocycles. The number of nitrogens with one attached hydrogen (secondary N) is 1. The monoisotopic (exact) mass is 347 g/mol. The number of hydrogen-bond acceptors (Lipinski definition) is 2. The van der Waals surface area contributed by atoms with E-state index < -0.39 is 0 Å². The molecule has 0 fully saturated rings.